The Balaban J connectivity index is 1.96. The van der Waals surface area contributed by atoms with Crippen molar-refractivity contribution < 1.29 is 14.7 Å². The lowest BCUT2D eigenvalue weighted by Gasteiger charge is -2.41. The van der Waals surface area contributed by atoms with Crippen LogP contribution in [0.4, 0.5) is 0 Å². The van der Waals surface area contributed by atoms with Crippen molar-refractivity contribution in [2.45, 2.75) is 25.9 Å². The summed E-state index contributed by atoms with van der Waals surface area (Å²) in [6.45, 7) is 4.93. The number of hydrogen-bond acceptors (Lipinski definition) is 2. The van der Waals surface area contributed by atoms with Gasteiger partial charge in [0, 0.05) is 34.9 Å². The van der Waals surface area contributed by atoms with E-state index in [1.54, 1.807) is 0 Å². The predicted octanol–water partition coefficient (Wildman–Crippen LogP) is 1.86. The Morgan fingerprint density at radius 3 is 2.80 bits per heavy atom. The molecule has 4 rings (SSSR count). The number of halogens is 1. The fourth-order valence-electron chi connectivity index (χ4n) is 3.33. The zero-order valence-electron chi connectivity index (χ0n) is 11.7. The summed E-state index contributed by atoms with van der Waals surface area (Å²) >= 11 is 3.51. The summed E-state index contributed by atoms with van der Waals surface area (Å²) in [5.74, 6) is 1.33. The van der Waals surface area contributed by atoms with Gasteiger partial charge in [0.05, 0.1) is 19.7 Å². The monoisotopic (exact) mass is 338 g/mol. The van der Waals surface area contributed by atoms with Crippen molar-refractivity contribution >= 4 is 22.0 Å². The molecule has 3 fully saturated rings. The zero-order chi connectivity index (χ0) is 14.1. The third-order valence-electron chi connectivity index (χ3n) is 4.39. The van der Waals surface area contributed by atoms with Gasteiger partial charge in [-0.05, 0) is 25.1 Å². The van der Waals surface area contributed by atoms with Crippen molar-refractivity contribution in [3.63, 3.8) is 0 Å². The van der Waals surface area contributed by atoms with E-state index in [1.807, 2.05) is 19.1 Å². The van der Waals surface area contributed by atoms with Crippen molar-refractivity contribution in [3.8, 4) is 5.75 Å². The van der Waals surface area contributed by atoms with Crippen LogP contribution >= 0.6 is 15.9 Å². The highest BCUT2D eigenvalue weighted by atomic mass is 79.9. The van der Waals surface area contributed by atoms with Gasteiger partial charge in [-0.15, -0.1) is 0 Å². The van der Waals surface area contributed by atoms with E-state index >= 15 is 0 Å². The van der Waals surface area contributed by atoms with Crippen LogP contribution in [0.3, 0.4) is 0 Å². The maximum atomic E-state index is 10.5. The van der Waals surface area contributed by atoms with Gasteiger partial charge in [-0.3, -0.25) is 0 Å². The standard InChI is InChI=1S/C16H20BrNO2/c1-2-20-15-4-3-13(17)9-12(15)10-14-16(19)11-5-7-18(14)8-6-11/h3-4,9-11,16,19H,2,5-8H2,1H3/p+1/b14-10-/t16-/m1/s1. The second kappa shape index (κ2) is 5.88. The summed E-state index contributed by atoms with van der Waals surface area (Å²) in [6, 6.07) is 6.04. The van der Waals surface area contributed by atoms with Crippen molar-refractivity contribution in [3.05, 3.63) is 33.9 Å². The number of aliphatic hydroxyl groups excluding tert-OH is 1. The minimum absolute atomic E-state index is 0.291. The molecular formula is C16H21BrNO2+. The van der Waals surface area contributed by atoms with Gasteiger partial charge < -0.3 is 14.7 Å². The molecule has 3 aliphatic rings. The quantitative estimate of drug-likeness (QED) is 0.882. The van der Waals surface area contributed by atoms with E-state index in [0.29, 0.717) is 12.5 Å². The number of nitrogens with one attached hydrogen (secondary N) is 1. The first-order valence-electron chi connectivity index (χ1n) is 7.36. The van der Waals surface area contributed by atoms with Crippen molar-refractivity contribution in [1.82, 2.24) is 0 Å². The second-order valence-corrected chi connectivity index (χ2v) is 6.52. The van der Waals surface area contributed by atoms with Crippen LogP contribution < -0.4 is 9.64 Å². The summed E-state index contributed by atoms with van der Waals surface area (Å²) in [5.41, 5.74) is 2.18. The first-order chi connectivity index (χ1) is 9.69. The predicted molar refractivity (Wildman–Crippen MR) is 82.7 cm³/mol. The molecule has 1 atom stereocenters. The molecule has 2 N–H and O–H groups in total. The van der Waals surface area contributed by atoms with Crippen LogP contribution in [0.2, 0.25) is 0 Å². The van der Waals surface area contributed by atoms with Gasteiger partial charge in [0.2, 0.25) is 0 Å². The first-order valence-corrected chi connectivity index (χ1v) is 8.15. The van der Waals surface area contributed by atoms with E-state index < -0.39 is 0 Å². The fraction of sp³-hybridized carbons (Fsp3) is 0.500. The largest absolute Gasteiger partial charge is 0.493 e. The summed E-state index contributed by atoms with van der Waals surface area (Å²) < 4.78 is 6.73. The maximum Gasteiger partial charge on any atom is 0.137 e. The van der Waals surface area contributed by atoms with Gasteiger partial charge >= 0.3 is 0 Å². The molecule has 0 saturated carbocycles. The van der Waals surface area contributed by atoms with Crippen molar-refractivity contribution in [1.29, 1.82) is 0 Å². The molecule has 108 valence electrons. The summed E-state index contributed by atoms with van der Waals surface area (Å²) in [6.07, 6.45) is 4.12. The molecule has 1 aromatic carbocycles. The molecule has 0 amide bonds. The molecule has 0 spiro atoms. The Kier molecular flexibility index (Phi) is 4.15. The molecule has 0 aliphatic carbocycles. The van der Waals surface area contributed by atoms with Crippen LogP contribution in [0.15, 0.2) is 28.4 Å². The average molecular weight is 339 g/mol. The highest BCUT2D eigenvalue weighted by molar-refractivity contribution is 9.10. The van der Waals surface area contributed by atoms with E-state index in [1.165, 1.54) is 4.90 Å². The van der Waals surface area contributed by atoms with Gasteiger partial charge in [-0.25, -0.2) is 0 Å². The number of rotatable bonds is 3. The number of piperidine rings is 3. The molecule has 2 bridgehead atoms. The molecule has 4 heteroatoms. The molecule has 3 aliphatic heterocycles. The van der Waals surface area contributed by atoms with Crippen molar-refractivity contribution in [2.24, 2.45) is 5.92 Å². The molecule has 0 aromatic heterocycles. The number of fused-ring (bicyclic) bond motifs is 3. The Morgan fingerprint density at radius 1 is 1.40 bits per heavy atom. The number of aliphatic hydroxyl groups is 1. The lowest BCUT2D eigenvalue weighted by Crippen LogP contribution is -3.14. The normalized spacial score (nSPS) is 30.8. The van der Waals surface area contributed by atoms with Crippen LogP contribution in [0, 0.1) is 5.92 Å². The van der Waals surface area contributed by atoms with Gasteiger partial charge in [0.25, 0.3) is 0 Å². The van der Waals surface area contributed by atoms with Gasteiger partial charge in [-0.2, -0.15) is 0 Å². The minimum atomic E-state index is -0.291. The highest BCUT2D eigenvalue weighted by Gasteiger charge is 2.41. The summed E-state index contributed by atoms with van der Waals surface area (Å²) in [7, 11) is 0. The topological polar surface area (TPSA) is 33.9 Å². The Bertz CT molecular complexity index is 517. The van der Waals surface area contributed by atoms with E-state index in [9.17, 15) is 5.11 Å². The molecule has 0 unspecified atom stereocenters. The summed E-state index contributed by atoms with van der Waals surface area (Å²) in [4.78, 5) is 1.43. The maximum absolute atomic E-state index is 10.5. The Morgan fingerprint density at radius 2 is 2.15 bits per heavy atom. The highest BCUT2D eigenvalue weighted by Crippen LogP contribution is 2.29. The van der Waals surface area contributed by atoms with Crippen LogP contribution in [-0.2, 0) is 0 Å². The van der Waals surface area contributed by atoms with E-state index in [-0.39, 0.29) is 6.10 Å². The third-order valence-corrected chi connectivity index (χ3v) is 4.88. The van der Waals surface area contributed by atoms with Crippen molar-refractivity contribution in [2.75, 3.05) is 19.7 Å². The minimum Gasteiger partial charge on any atom is -0.493 e. The van der Waals surface area contributed by atoms with Gasteiger partial charge in [0.1, 0.15) is 17.6 Å². The fourth-order valence-corrected chi connectivity index (χ4v) is 3.71. The molecular weight excluding hydrogens is 318 g/mol. The number of hydrogen-bond donors (Lipinski definition) is 2. The smallest absolute Gasteiger partial charge is 0.137 e. The molecule has 3 saturated heterocycles. The SMILES string of the molecule is CCOc1ccc(Br)cc1/C=C1/[C@H](O)C2CC[NH+]1CC2. The molecule has 1 aromatic rings. The Labute approximate surface area is 128 Å². The number of ether oxygens (including phenoxy) is 1. The number of benzene rings is 1. The lowest BCUT2D eigenvalue weighted by atomic mass is 9.83. The second-order valence-electron chi connectivity index (χ2n) is 5.60. The van der Waals surface area contributed by atoms with E-state index in [0.717, 1.165) is 47.4 Å². The van der Waals surface area contributed by atoms with Crippen LogP contribution in [0.5, 0.6) is 5.75 Å². The Hall–Kier alpha value is -0.840. The molecule has 3 heterocycles. The molecule has 0 radical (unpaired) electrons. The van der Waals surface area contributed by atoms with Gasteiger partial charge in [0.15, 0.2) is 0 Å². The number of quaternary nitrogens is 1. The summed E-state index contributed by atoms with van der Waals surface area (Å²) in [5, 5.41) is 10.5. The van der Waals surface area contributed by atoms with E-state index in [2.05, 4.69) is 28.1 Å². The third kappa shape index (κ3) is 2.65. The van der Waals surface area contributed by atoms with E-state index in [4.69, 9.17) is 4.74 Å². The van der Waals surface area contributed by atoms with Gasteiger partial charge in [-0.1, -0.05) is 15.9 Å². The zero-order valence-corrected chi connectivity index (χ0v) is 13.3. The van der Waals surface area contributed by atoms with Crippen LogP contribution in [0.1, 0.15) is 25.3 Å². The van der Waals surface area contributed by atoms with Crippen LogP contribution in [-0.4, -0.2) is 30.9 Å². The average Bonchev–Trinajstić information content (AvgIpc) is 2.46. The molecule has 20 heavy (non-hydrogen) atoms. The first kappa shape index (κ1) is 14.1. The lowest BCUT2D eigenvalue weighted by molar-refractivity contribution is -0.880. The van der Waals surface area contributed by atoms with Crippen LogP contribution in [0.25, 0.3) is 6.08 Å². The molecule has 3 nitrogen and oxygen atoms in total.